The van der Waals surface area contributed by atoms with Gasteiger partial charge < -0.3 is 16.0 Å². The first kappa shape index (κ1) is 12.5. The summed E-state index contributed by atoms with van der Waals surface area (Å²) >= 11 is 0. The van der Waals surface area contributed by atoms with Crippen molar-refractivity contribution in [2.24, 2.45) is 11.7 Å². The predicted molar refractivity (Wildman–Crippen MR) is 61.5 cm³/mol. The van der Waals surface area contributed by atoms with Crippen molar-refractivity contribution in [3.05, 3.63) is 0 Å². The third-order valence-corrected chi connectivity index (χ3v) is 3.23. The summed E-state index contributed by atoms with van der Waals surface area (Å²) in [6, 6.07) is 0.438. The average molecular weight is 213 g/mol. The van der Waals surface area contributed by atoms with E-state index in [0.29, 0.717) is 18.5 Å². The predicted octanol–water partition coefficient (Wildman–Crippen LogP) is 0.182. The number of nitrogens with one attached hydrogen (secondary N) is 1. The van der Waals surface area contributed by atoms with Crippen molar-refractivity contribution >= 4 is 5.91 Å². The van der Waals surface area contributed by atoms with E-state index in [9.17, 15) is 4.79 Å². The molecule has 2 unspecified atom stereocenters. The molecule has 4 heteroatoms. The van der Waals surface area contributed by atoms with Crippen LogP contribution in [0.4, 0.5) is 0 Å². The minimum Gasteiger partial charge on any atom is -0.348 e. The van der Waals surface area contributed by atoms with Gasteiger partial charge in [0.05, 0.1) is 6.54 Å². The molecular weight excluding hydrogens is 190 g/mol. The Kier molecular flexibility index (Phi) is 5.05. The molecule has 88 valence electrons. The third-order valence-electron chi connectivity index (χ3n) is 3.23. The van der Waals surface area contributed by atoms with Crippen LogP contribution in [0.3, 0.4) is 0 Å². The van der Waals surface area contributed by atoms with E-state index in [0.717, 1.165) is 13.0 Å². The van der Waals surface area contributed by atoms with Gasteiger partial charge >= 0.3 is 0 Å². The van der Waals surface area contributed by atoms with Gasteiger partial charge in [0.2, 0.25) is 5.91 Å². The largest absolute Gasteiger partial charge is 0.348 e. The van der Waals surface area contributed by atoms with Crippen molar-refractivity contribution in [1.82, 2.24) is 10.2 Å². The molecule has 1 rings (SSSR count). The molecule has 0 aromatic carbocycles. The molecule has 0 heterocycles. The van der Waals surface area contributed by atoms with Crippen LogP contribution in [0.25, 0.3) is 0 Å². The van der Waals surface area contributed by atoms with Crippen LogP contribution < -0.4 is 11.1 Å². The Morgan fingerprint density at radius 1 is 1.40 bits per heavy atom. The summed E-state index contributed by atoms with van der Waals surface area (Å²) in [7, 11) is 3.57. The number of rotatable bonds is 4. The van der Waals surface area contributed by atoms with Crippen LogP contribution in [0.15, 0.2) is 0 Å². The molecule has 1 amide bonds. The number of hydrogen-bond acceptors (Lipinski definition) is 3. The van der Waals surface area contributed by atoms with Crippen molar-refractivity contribution in [2.75, 3.05) is 27.2 Å². The molecule has 4 nitrogen and oxygen atoms in total. The number of likely N-dealkylation sites (N-methyl/N-ethyl adjacent to an activating group) is 1. The minimum absolute atomic E-state index is 0.136. The van der Waals surface area contributed by atoms with E-state index in [1.807, 2.05) is 0 Å². The molecule has 0 aliphatic heterocycles. The highest BCUT2D eigenvalue weighted by Crippen LogP contribution is 2.23. The summed E-state index contributed by atoms with van der Waals surface area (Å²) in [5.74, 6) is 0.685. The Morgan fingerprint density at radius 2 is 2.07 bits per heavy atom. The van der Waals surface area contributed by atoms with Gasteiger partial charge in [-0.2, -0.15) is 0 Å². The maximum Gasteiger partial charge on any atom is 0.236 e. The Bertz CT molecular complexity index is 206. The van der Waals surface area contributed by atoms with Gasteiger partial charge in [-0.3, -0.25) is 4.79 Å². The molecule has 0 spiro atoms. The lowest BCUT2D eigenvalue weighted by atomic mass is 9.84. The van der Waals surface area contributed by atoms with Crippen LogP contribution >= 0.6 is 0 Å². The van der Waals surface area contributed by atoms with E-state index in [-0.39, 0.29) is 5.91 Å². The SMILES string of the molecule is CN(C)C(=O)CNC1CCCCC1CN. The van der Waals surface area contributed by atoms with Crippen molar-refractivity contribution in [3.8, 4) is 0 Å². The molecule has 0 saturated heterocycles. The van der Waals surface area contributed by atoms with Gasteiger partial charge in [-0.25, -0.2) is 0 Å². The fraction of sp³-hybridized carbons (Fsp3) is 0.909. The zero-order valence-corrected chi connectivity index (χ0v) is 9.83. The highest BCUT2D eigenvalue weighted by molar-refractivity contribution is 5.77. The van der Waals surface area contributed by atoms with Gasteiger partial charge in [0.25, 0.3) is 0 Å². The van der Waals surface area contributed by atoms with Gasteiger partial charge in [0.1, 0.15) is 0 Å². The Balaban J connectivity index is 2.32. The van der Waals surface area contributed by atoms with E-state index < -0.39 is 0 Å². The van der Waals surface area contributed by atoms with Crippen molar-refractivity contribution in [1.29, 1.82) is 0 Å². The zero-order valence-electron chi connectivity index (χ0n) is 9.83. The summed E-state index contributed by atoms with van der Waals surface area (Å²) in [4.78, 5) is 13.0. The number of hydrogen-bond donors (Lipinski definition) is 2. The first-order chi connectivity index (χ1) is 7.15. The van der Waals surface area contributed by atoms with E-state index >= 15 is 0 Å². The first-order valence-electron chi connectivity index (χ1n) is 5.78. The Hall–Kier alpha value is -0.610. The summed E-state index contributed by atoms with van der Waals surface area (Å²) < 4.78 is 0. The normalized spacial score (nSPS) is 26.3. The fourth-order valence-corrected chi connectivity index (χ4v) is 2.14. The molecule has 1 aliphatic carbocycles. The molecule has 2 atom stereocenters. The zero-order chi connectivity index (χ0) is 11.3. The number of nitrogens with zero attached hydrogens (tertiary/aromatic N) is 1. The first-order valence-corrected chi connectivity index (χ1v) is 5.78. The van der Waals surface area contributed by atoms with Crippen LogP contribution in [0.1, 0.15) is 25.7 Å². The van der Waals surface area contributed by atoms with Crippen LogP contribution in [0, 0.1) is 5.92 Å². The van der Waals surface area contributed by atoms with Crippen molar-refractivity contribution < 1.29 is 4.79 Å². The fourth-order valence-electron chi connectivity index (χ4n) is 2.14. The summed E-state index contributed by atoms with van der Waals surface area (Å²) in [5, 5.41) is 3.33. The average Bonchev–Trinajstić information content (AvgIpc) is 2.26. The van der Waals surface area contributed by atoms with E-state index in [1.165, 1.54) is 19.3 Å². The van der Waals surface area contributed by atoms with E-state index in [1.54, 1.807) is 19.0 Å². The van der Waals surface area contributed by atoms with Gasteiger partial charge in [0, 0.05) is 20.1 Å². The molecule has 1 aliphatic rings. The van der Waals surface area contributed by atoms with Crippen molar-refractivity contribution in [2.45, 2.75) is 31.7 Å². The number of carbonyl (C=O) groups excluding carboxylic acids is 1. The topological polar surface area (TPSA) is 58.4 Å². The maximum atomic E-state index is 11.4. The lowest BCUT2D eigenvalue weighted by Crippen LogP contribution is -2.45. The number of carbonyl (C=O) groups is 1. The van der Waals surface area contributed by atoms with Gasteiger partial charge in [-0.05, 0) is 25.3 Å². The number of amides is 1. The molecule has 3 N–H and O–H groups in total. The molecule has 0 radical (unpaired) electrons. The quantitative estimate of drug-likeness (QED) is 0.700. The molecule has 1 fully saturated rings. The summed E-state index contributed by atoms with van der Waals surface area (Å²) in [6.45, 7) is 1.17. The van der Waals surface area contributed by atoms with Crippen molar-refractivity contribution in [3.63, 3.8) is 0 Å². The van der Waals surface area contributed by atoms with Crippen LogP contribution in [0.5, 0.6) is 0 Å². The van der Waals surface area contributed by atoms with Crippen LogP contribution in [-0.2, 0) is 4.79 Å². The standard InChI is InChI=1S/C11H23N3O/c1-14(2)11(15)8-13-10-6-4-3-5-9(10)7-12/h9-10,13H,3-8,12H2,1-2H3. The van der Waals surface area contributed by atoms with Gasteiger partial charge in [-0.15, -0.1) is 0 Å². The third kappa shape index (κ3) is 3.80. The minimum atomic E-state index is 0.136. The highest BCUT2D eigenvalue weighted by Gasteiger charge is 2.23. The highest BCUT2D eigenvalue weighted by atomic mass is 16.2. The molecule has 15 heavy (non-hydrogen) atoms. The molecule has 0 aromatic rings. The molecule has 0 bridgehead atoms. The van der Waals surface area contributed by atoms with Crippen LogP contribution in [-0.4, -0.2) is 44.0 Å². The van der Waals surface area contributed by atoms with E-state index in [4.69, 9.17) is 5.73 Å². The molecule has 1 saturated carbocycles. The van der Waals surface area contributed by atoms with Gasteiger partial charge in [-0.1, -0.05) is 12.8 Å². The van der Waals surface area contributed by atoms with E-state index in [2.05, 4.69) is 5.32 Å². The lowest BCUT2D eigenvalue weighted by molar-refractivity contribution is -0.128. The summed E-state index contributed by atoms with van der Waals surface area (Å²) in [5.41, 5.74) is 5.72. The Labute approximate surface area is 92.2 Å². The number of nitrogens with two attached hydrogens (primary N) is 1. The second-order valence-electron chi connectivity index (χ2n) is 4.56. The molecular formula is C11H23N3O. The maximum absolute atomic E-state index is 11.4. The van der Waals surface area contributed by atoms with Crippen LogP contribution in [0.2, 0.25) is 0 Å². The van der Waals surface area contributed by atoms with Gasteiger partial charge in [0.15, 0.2) is 0 Å². The summed E-state index contributed by atoms with van der Waals surface area (Å²) in [6.07, 6.45) is 4.89. The lowest BCUT2D eigenvalue weighted by Gasteiger charge is -2.31. The second-order valence-corrected chi connectivity index (χ2v) is 4.56. The second kappa shape index (κ2) is 6.08. The smallest absolute Gasteiger partial charge is 0.236 e. The monoisotopic (exact) mass is 213 g/mol. The Morgan fingerprint density at radius 3 is 2.67 bits per heavy atom. The molecule has 0 aromatic heterocycles.